The number of fused-ring (bicyclic) bond motifs is 2. The fraction of sp³-hybridized carbons (Fsp3) is 0.158. The lowest BCUT2D eigenvalue weighted by molar-refractivity contribution is 0.404. The van der Waals surface area contributed by atoms with Gasteiger partial charge in [-0.25, -0.2) is 4.98 Å². The van der Waals surface area contributed by atoms with Gasteiger partial charge < -0.3 is 8.94 Å². The number of aromatic nitrogens is 2. The molecule has 4 rings (SSSR count). The number of benzene rings is 2. The molecule has 0 spiro atoms. The lowest BCUT2D eigenvalue weighted by Crippen LogP contribution is -2.07. The molecule has 2 aromatic carbocycles. The second kappa shape index (κ2) is 6.10. The zero-order chi connectivity index (χ0) is 17.4. The molecule has 5 nitrogen and oxygen atoms in total. The van der Waals surface area contributed by atoms with Crippen molar-refractivity contribution in [2.24, 2.45) is 0 Å². The topological polar surface area (TPSA) is 65.2 Å². The molecule has 0 N–H and O–H groups in total. The molecular weight excluding hydrogens is 335 g/mol. The van der Waals surface area contributed by atoms with Gasteiger partial charge >= 0.3 is 0 Å². The Labute approximate surface area is 145 Å². The summed E-state index contributed by atoms with van der Waals surface area (Å²) in [4.78, 5) is 8.93. The van der Waals surface area contributed by atoms with E-state index in [-0.39, 0.29) is 0 Å². The largest absolute Gasteiger partial charge is 0.436 e. The first kappa shape index (κ1) is 16.0. The van der Waals surface area contributed by atoms with E-state index in [4.69, 9.17) is 8.94 Å². The number of nitrogens with zero attached hydrogens (tertiary/aromatic N) is 2. The van der Waals surface area contributed by atoms with Crippen molar-refractivity contribution in [1.82, 2.24) is 9.97 Å². The second-order valence-corrected chi connectivity index (χ2v) is 8.61. The molecule has 0 saturated carbocycles. The van der Waals surface area contributed by atoms with Crippen LogP contribution in [0.25, 0.3) is 33.5 Å². The molecule has 0 aliphatic carbocycles. The van der Waals surface area contributed by atoms with E-state index in [0.29, 0.717) is 28.5 Å². The minimum Gasteiger partial charge on any atom is -0.436 e. The van der Waals surface area contributed by atoms with Crippen LogP contribution in [-0.4, -0.2) is 23.2 Å². The van der Waals surface area contributed by atoms with Gasteiger partial charge in [-0.05, 0) is 36.4 Å². The summed E-state index contributed by atoms with van der Waals surface area (Å²) >= 11 is 0. The van der Waals surface area contributed by atoms with Crippen LogP contribution in [0.2, 0.25) is 0 Å². The van der Waals surface area contributed by atoms with Gasteiger partial charge in [0.2, 0.25) is 13.3 Å². The molecule has 0 radical (unpaired) electrons. The summed E-state index contributed by atoms with van der Waals surface area (Å²) in [6.45, 7) is 1.85. The van der Waals surface area contributed by atoms with Crippen LogP contribution in [0.15, 0.2) is 59.1 Å². The normalized spacial score (nSPS) is 14.0. The van der Waals surface area contributed by atoms with Gasteiger partial charge in [-0.3, -0.25) is 9.55 Å². The van der Waals surface area contributed by atoms with Crippen molar-refractivity contribution in [2.45, 2.75) is 6.92 Å². The van der Waals surface area contributed by atoms with Crippen molar-refractivity contribution in [1.29, 1.82) is 0 Å². The monoisotopic (exact) mass is 352 g/mol. The summed E-state index contributed by atoms with van der Waals surface area (Å²) in [6.07, 6.45) is 2.20. The highest BCUT2D eigenvalue weighted by atomic mass is 31.2. The van der Waals surface area contributed by atoms with Gasteiger partial charge in [0.25, 0.3) is 0 Å². The third-order valence-corrected chi connectivity index (χ3v) is 6.82. The molecule has 4 aromatic rings. The van der Waals surface area contributed by atoms with Gasteiger partial charge in [-0.15, -0.1) is 0 Å². The third kappa shape index (κ3) is 2.76. The van der Waals surface area contributed by atoms with Crippen LogP contribution in [0, 0.1) is 0 Å². The number of pyridine rings is 1. The van der Waals surface area contributed by atoms with Gasteiger partial charge in [0.15, 0.2) is 5.58 Å². The maximum absolute atomic E-state index is 12.7. The Hall–Kier alpha value is -2.49. The summed E-state index contributed by atoms with van der Waals surface area (Å²) in [6, 6.07) is 15.2. The predicted molar refractivity (Wildman–Crippen MR) is 99.5 cm³/mol. The maximum atomic E-state index is 12.7. The van der Waals surface area contributed by atoms with Crippen LogP contribution < -0.4 is 5.30 Å². The zero-order valence-corrected chi connectivity index (χ0v) is 14.9. The second-order valence-electron chi connectivity index (χ2n) is 5.75. The first-order valence-corrected chi connectivity index (χ1v) is 9.85. The average molecular weight is 352 g/mol. The highest BCUT2D eigenvalue weighted by Crippen LogP contribution is 2.44. The first-order chi connectivity index (χ1) is 12.1. The van der Waals surface area contributed by atoms with Crippen molar-refractivity contribution in [2.75, 3.05) is 13.3 Å². The lowest BCUT2D eigenvalue weighted by atomic mass is 10.1. The van der Waals surface area contributed by atoms with E-state index < -0.39 is 7.37 Å². The molecule has 2 heterocycles. The molecule has 6 heteroatoms. The SMILES string of the molecule is CCP(=O)(OC)c1ccc2oc(-c3ccc4cccnc4c3)nc2c1. The van der Waals surface area contributed by atoms with E-state index in [9.17, 15) is 4.57 Å². The molecule has 25 heavy (non-hydrogen) atoms. The Morgan fingerprint density at radius 2 is 2.00 bits per heavy atom. The van der Waals surface area contributed by atoms with E-state index in [0.717, 1.165) is 16.5 Å². The fourth-order valence-electron chi connectivity index (χ4n) is 2.87. The summed E-state index contributed by atoms with van der Waals surface area (Å²) < 4.78 is 23.8. The van der Waals surface area contributed by atoms with E-state index in [2.05, 4.69) is 9.97 Å². The van der Waals surface area contributed by atoms with Gasteiger partial charge in [0, 0.05) is 35.7 Å². The molecular formula is C19H17N2O3P. The Morgan fingerprint density at radius 1 is 1.12 bits per heavy atom. The van der Waals surface area contributed by atoms with Gasteiger partial charge in [0.1, 0.15) is 5.52 Å². The van der Waals surface area contributed by atoms with Crippen molar-refractivity contribution >= 4 is 34.7 Å². The number of hydrogen-bond donors (Lipinski definition) is 0. The maximum Gasteiger partial charge on any atom is 0.231 e. The van der Waals surface area contributed by atoms with Crippen LogP contribution in [0.5, 0.6) is 0 Å². The van der Waals surface area contributed by atoms with Gasteiger partial charge in [-0.2, -0.15) is 0 Å². The Balaban J connectivity index is 1.81. The van der Waals surface area contributed by atoms with Crippen molar-refractivity contribution in [3.8, 4) is 11.5 Å². The molecule has 0 saturated heterocycles. The van der Waals surface area contributed by atoms with Crippen LogP contribution in [0.1, 0.15) is 6.92 Å². The van der Waals surface area contributed by atoms with Crippen molar-refractivity contribution < 1.29 is 13.5 Å². The number of oxazole rings is 1. The number of rotatable bonds is 4. The first-order valence-electron chi connectivity index (χ1n) is 8.04. The highest BCUT2D eigenvalue weighted by molar-refractivity contribution is 7.66. The molecule has 0 fully saturated rings. The molecule has 1 unspecified atom stereocenters. The predicted octanol–water partition coefficient (Wildman–Crippen LogP) is 4.61. The van der Waals surface area contributed by atoms with E-state index in [1.54, 1.807) is 24.4 Å². The van der Waals surface area contributed by atoms with Crippen molar-refractivity contribution in [3.05, 3.63) is 54.7 Å². The summed E-state index contributed by atoms with van der Waals surface area (Å²) in [7, 11) is -1.35. The highest BCUT2D eigenvalue weighted by Gasteiger charge is 2.23. The fourth-order valence-corrected chi connectivity index (χ4v) is 4.32. The quantitative estimate of drug-likeness (QED) is 0.502. The molecule has 126 valence electrons. The van der Waals surface area contributed by atoms with E-state index in [1.807, 2.05) is 37.3 Å². The third-order valence-electron chi connectivity index (χ3n) is 4.33. The Bertz CT molecular complexity index is 1110. The summed E-state index contributed by atoms with van der Waals surface area (Å²) in [5.74, 6) is 0.517. The van der Waals surface area contributed by atoms with Crippen LogP contribution >= 0.6 is 7.37 Å². The van der Waals surface area contributed by atoms with E-state index in [1.165, 1.54) is 7.11 Å². The van der Waals surface area contributed by atoms with Crippen LogP contribution in [0.3, 0.4) is 0 Å². The summed E-state index contributed by atoms with van der Waals surface area (Å²) in [5, 5.41) is 1.72. The molecule has 2 aromatic heterocycles. The zero-order valence-electron chi connectivity index (χ0n) is 14.0. The van der Waals surface area contributed by atoms with Gasteiger partial charge in [0.05, 0.1) is 5.52 Å². The van der Waals surface area contributed by atoms with Crippen LogP contribution in [-0.2, 0) is 9.09 Å². The summed E-state index contributed by atoms with van der Waals surface area (Å²) in [5.41, 5.74) is 3.06. The van der Waals surface area contributed by atoms with Gasteiger partial charge in [-0.1, -0.05) is 19.1 Å². The van der Waals surface area contributed by atoms with Crippen molar-refractivity contribution in [3.63, 3.8) is 0 Å². The lowest BCUT2D eigenvalue weighted by Gasteiger charge is -2.13. The van der Waals surface area contributed by atoms with Crippen LogP contribution in [0.4, 0.5) is 0 Å². The molecule has 0 bridgehead atoms. The minimum atomic E-state index is -2.82. The molecule has 0 amide bonds. The Kier molecular flexibility index (Phi) is 3.91. The molecule has 1 atom stereocenters. The standard InChI is InChI=1S/C19H17N2O3P/c1-3-25(22,23-2)15-8-9-18-17(12-15)21-19(24-18)14-7-6-13-5-4-10-20-16(13)11-14/h4-12H,3H2,1-2H3. The minimum absolute atomic E-state index is 0.441. The average Bonchev–Trinajstić information content (AvgIpc) is 3.10. The molecule has 0 aliphatic rings. The van der Waals surface area contributed by atoms with E-state index >= 15 is 0 Å². The number of hydrogen-bond acceptors (Lipinski definition) is 5. The Morgan fingerprint density at radius 3 is 2.80 bits per heavy atom. The smallest absolute Gasteiger partial charge is 0.231 e. The molecule has 0 aliphatic heterocycles.